The van der Waals surface area contributed by atoms with Crippen molar-refractivity contribution in [1.82, 2.24) is 0 Å². The van der Waals surface area contributed by atoms with E-state index in [4.69, 9.17) is 18.9 Å². The van der Waals surface area contributed by atoms with Crippen molar-refractivity contribution in [3.8, 4) is 28.7 Å². The van der Waals surface area contributed by atoms with Gasteiger partial charge >= 0.3 is 0 Å². The van der Waals surface area contributed by atoms with Crippen LogP contribution in [0.25, 0.3) is 0 Å². The Hall–Kier alpha value is -3.22. The third-order valence-corrected chi connectivity index (χ3v) is 4.75. The molecule has 0 fully saturated rings. The van der Waals surface area contributed by atoms with Crippen molar-refractivity contribution in [3.05, 3.63) is 41.5 Å². The zero-order valence-electron chi connectivity index (χ0n) is 19.4. The summed E-state index contributed by atoms with van der Waals surface area (Å²) in [6.45, 7) is 8.97. The molecule has 1 N–H and O–H groups in total. The first kappa shape index (κ1) is 25.0. The molecule has 0 bridgehead atoms. The number of ketones is 1. The second kappa shape index (κ2) is 11.4. The summed E-state index contributed by atoms with van der Waals surface area (Å²) in [5.74, 6) is 1.87. The minimum atomic E-state index is -0.149. The zero-order chi connectivity index (χ0) is 23.7. The predicted octanol–water partition coefficient (Wildman–Crippen LogP) is 5.10. The summed E-state index contributed by atoms with van der Waals surface area (Å²) in [6.07, 6.45) is 1.83. The highest BCUT2D eigenvalue weighted by Gasteiger charge is 2.21. The minimum absolute atomic E-state index is 0.0193. The molecule has 2 rings (SSSR count). The van der Waals surface area contributed by atoms with E-state index >= 15 is 0 Å². The first-order valence-electron chi connectivity index (χ1n) is 10.6. The molecule has 0 radical (unpaired) electrons. The molecule has 0 aliphatic carbocycles. The fourth-order valence-electron chi connectivity index (χ4n) is 3.10. The van der Waals surface area contributed by atoms with Crippen LogP contribution in [-0.4, -0.2) is 37.7 Å². The van der Waals surface area contributed by atoms with Crippen LogP contribution in [0.2, 0.25) is 0 Å². The van der Waals surface area contributed by atoms with E-state index < -0.39 is 0 Å². The molecule has 0 unspecified atom stereocenters. The van der Waals surface area contributed by atoms with Gasteiger partial charge in [0.2, 0.25) is 0 Å². The Morgan fingerprint density at radius 3 is 2.22 bits per heavy atom. The van der Waals surface area contributed by atoms with Crippen LogP contribution in [0, 0.1) is 12.3 Å². The number of rotatable bonds is 12. The van der Waals surface area contributed by atoms with Crippen LogP contribution >= 0.6 is 0 Å². The van der Waals surface area contributed by atoms with Crippen LogP contribution in [0.3, 0.4) is 0 Å². The number of benzene rings is 2. The van der Waals surface area contributed by atoms with Crippen molar-refractivity contribution < 1.29 is 33.6 Å². The molecule has 0 amide bonds. The van der Waals surface area contributed by atoms with E-state index in [0.29, 0.717) is 60.2 Å². The number of hydrogen-bond donors (Lipinski definition) is 1. The van der Waals surface area contributed by atoms with Gasteiger partial charge in [-0.2, -0.15) is 0 Å². The third-order valence-electron chi connectivity index (χ3n) is 4.75. The standard InChI is InChI=1S/C25H32O7/c1-17-21(11-9-19(24(17)28)20(27)15-25(2,3)4)30-12-6-7-13-31-22-10-8-18(32-16-26)14-23(22)29-5/h8-11,14,16,28H,6-7,12-13,15H2,1-5H3. The second-order valence-electron chi connectivity index (χ2n) is 8.68. The summed E-state index contributed by atoms with van der Waals surface area (Å²) in [5.41, 5.74) is 0.740. The van der Waals surface area contributed by atoms with Gasteiger partial charge in [-0.1, -0.05) is 20.8 Å². The van der Waals surface area contributed by atoms with Crippen LogP contribution in [0.1, 0.15) is 56.0 Å². The number of unbranched alkanes of at least 4 members (excludes halogenated alkanes) is 1. The molecule has 0 heterocycles. The normalized spacial score (nSPS) is 11.0. The number of carbonyl (C=O) groups is 2. The second-order valence-corrected chi connectivity index (χ2v) is 8.68. The molecule has 0 aromatic heterocycles. The monoisotopic (exact) mass is 444 g/mol. The van der Waals surface area contributed by atoms with E-state index in [9.17, 15) is 14.7 Å². The first-order chi connectivity index (χ1) is 15.2. The van der Waals surface area contributed by atoms with Crippen molar-refractivity contribution in [1.29, 1.82) is 0 Å². The molecule has 0 aliphatic heterocycles. The van der Waals surface area contributed by atoms with Gasteiger partial charge in [0, 0.05) is 18.1 Å². The smallest absolute Gasteiger partial charge is 0.298 e. The number of methoxy groups -OCH3 is 1. The van der Waals surface area contributed by atoms with Crippen LogP contribution in [0.4, 0.5) is 0 Å². The average Bonchev–Trinajstić information content (AvgIpc) is 2.73. The molecule has 0 spiro atoms. The van der Waals surface area contributed by atoms with Crippen LogP contribution in [0.15, 0.2) is 30.3 Å². The van der Waals surface area contributed by atoms with Gasteiger partial charge < -0.3 is 24.1 Å². The van der Waals surface area contributed by atoms with Gasteiger partial charge in [0.05, 0.1) is 25.9 Å². The summed E-state index contributed by atoms with van der Waals surface area (Å²) in [4.78, 5) is 22.9. The molecule has 0 saturated heterocycles. The van der Waals surface area contributed by atoms with Crippen LogP contribution in [0.5, 0.6) is 28.7 Å². The summed E-state index contributed by atoms with van der Waals surface area (Å²) in [5, 5.41) is 10.5. The van der Waals surface area contributed by atoms with E-state index in [2.05, 4.69) is 0 Å². The van der Waals surface area contributed by atoms with Crippen molar-refractivity contribution >= 4 is 12.3 Å². The molecule has 7 heteroatoms. The van der Waals surface area contributed by atoms with E-state index in [0.717, 1.165) is 12.8 Å². The maximum absolute atomic E-state index is 12.4. The average molecular weight is 445 g/mol. The van der Waals surface area contributed by atoms with E-state index in [1.54, 1.807) is 37.3 Å². The first-order valence-corrected chi connectivity index (χ1v) is 10.6. The molecule has 7 nitrogen and oxygen atoms in total. The fraction of sp³-hybridized carbons (Fsp3) is 0.440. The molecule has 0 saturated carbocycles. The lowest BCUT2D eigenvalue weighted by molar-refractivity contribution is -0.120. The molecule has 2 aromatic rings. The largest absolute Gasteiger partial charge is 0.507 e. The summed E-state index contributed by atoms with van der Waals surface area (Å²) < 4.78 is 21.6. The maximum Gasteiger partial charge on any atom is 0.298 e. The van der Waals surface area contributed by atoms with Crippen LogP contribution in [-0.2, 0) is 4.79 Å². The van der Waals surface area contributed by atoms with Crippen LogP contribution < -0.4 is 18.9 Å². The highest BCUT2D eigenvalue weighted by molar-refractivity contribution is 5.99. The Balaban J connectivity index is 1.83. The lowest BCUT2D eigenvalue weighted by atomic mass is 9.87. The Kier molecular flexibility index (Phi) is 8.93. The van der Waals surface area contributed by atoms with Crippen molar-refractivity contribution in [2.45, 2.75) is 47.0 Å². The van der Waals surface area contributed by atoms with E-state index in [-0.39, 0.29) is 16.9 Å². The summed E-state index contributed by atoms with van der Waals surface area (Å²) >= 11 is 0. The van der Waals surface area contributed by atoms with Crippen molar-refractivity contribution in [3.63, 3.8) is 0 Å². The molecule has 32 heavy (non-hydrogen) atoms. The van der Waals surface area contributed by atoms with Gasteiger partial charge in [0.25, 0.3) is 6.47 Å². The van der Waals surface area contributed by atoms with E-state index in [1.165, 1.54) is 7.11 Å². The Labute approximate surface area is 189 Å². The fourth-order valence-corrected chi connectivity index (χ4v) is 3.10. The van der Waals surface area contributed by atoms with Gasteiger partial charge in [-0.05, 0) is 49.4 Å². The van der Waals surface area contributed by atoms with Crippen molar-refractivity contribution in [2.75, 3.05) is 20.3 Å². The third kappa shape index (κ3) is 7.18. The Bertz CT molecular complexity index is 929. The lowest BCUT2D eigenvalue weighted by Crippen LogP contribution is -2.13. The van der Waals surface area contributed by atoms with Gasteiger partial charge in [-0.15, -0.1) is 0 Å². The topological polar surface area (TPSA) is 91.3 Å². The van der Waals surface area contributed by atoms with Crippen molar-refractivity contribution in [2.24, 2.45) is 5.41 Å². The molecule has 174 valence electrons. The predicted molar refractivity (Wildman–Crippen MR) is 121 cm³/mol. The number of hydrogen-bond acceptors (Lipinski definition) is 7. The highest BCUT2D eigenvalue weighted by Crippen LogP contribution is 2.34. The van der Waals surface area contributed by atoms with Gasteiger partial charge in [-0.25, -0.2) is 0 Å². The maximum atomic E-state index is 12.4. The number of phenols is 1. The number of carbonyl (C=O) groups excluding carboxylic acids is 2. The lowest BCUT2D eigenvalue weighted by Gasteiger charge is -2.18. The highest BCUT2D eigenvalue weighted by atomic mass is 16.5. The molecular formula is C25H32O7. The molecule has 0 atom stereocenters. The summed E-state index contributed by atoms with van der Waals surface area (Å²) in [7, 11) is 1.51. The Morgan fingerprint density at radius 2 is 1.62 bits per heavy atom. The number of aromatic hydroxyl groups is 1. The van der Waals surface area contributed by atoms with Gasteiger partial charge in [0.1, 0.15) is 17.2 Å². The Morgan fingerprint density at radius 1 is 1.00 bits per heavy atom. The van der Waals surface area contributed by atoms with Gasteiger partial charge in [0.15, 0.2) is 17.3 Å². The SMILES string of the molecule is COc1cc(OC=O)ccc1OCCCCOc1ccc(C(=O)CC(C)(C)C)c(O)c1C. The molecular weight excluding hydrogens is 412 g/mol. The quantitative estimate of drug-likeness (QED) is 0.277. The number of phenolic OH excluding ortho intramolecular Hbond substituents is 1. The number of Topliss-reactive ketones (excluding diaryl/α,β-unsaturated/α-hetero) is 1. The minimum Gasteiger partial charge on any atom is -0.507 e. The molecule has 2 aromatic carbocycles. The molecule has 0 aliphatic rings. The number of ether oxygens (including phenoxy) is 4. The van der Waals surface area contributed by atoms with Gasteiger partial charge in [-0.3, -0.25) is 9.59 Å². The van der Waals surface area contributed by atoms with E-state index in [1.807, 2.05) is 20.8 Å². The summed E-state index contributed by atoms with van der Waals surface area (Å²) in [6, 6.07) is 8.25. The zero-order valence-corrected chi connectivity index (χ0v) is 19.4.